The van der Waals surface area contributed by atoms with E-state index in [9.17, 15) is 19.8 Å². The van der Waals surface area contributed by atoms with Crippen LogP contribution in [0.4, 0.5) is 4.79 Å². The van der Waals surface area contributed by atoms with E-state index < -0.39 is 22.1 Å². The highest BCUT2D eigenvalue weighted by atomic mass is 16.4. The lowest BCUT2D eigenvalue weighted by Crippen LogP contribution is -2.79. The lowest BCUT2D eigenvalue weighted by atomic mass is 9.87. The van der Waals surface area contributed by atoms with Gasteiger partial charge in [-0.3, -0.25) is 4.48 Å². The number of amides is 1. The third-order valence-electron chi connectivity index (χ3n) is 4.53. The average molecular weight is 292 g/mol. The van der Waals surface area contributed by atoms with E-state index in [2.05, 4.69) is 5.32 Å². The molecule has 0 radical (unpaired) electrons. The number of nitrogens with one attached hydrogen (secondary N) is 1. The van der Waals surface area contributed by atoms with Crippen LogP contribution in [0.15, 0.2) is 30.3 Å². The molecule has 0 aliphatic carbocycles. The van der Waals surface area contributed by atoms with Crippen molar-refractivity contribution in [2.45, 2.75) is 25.4 Å². The molecule has 2 N–H and O–H groups in total. The molecule has 1 saturated heterocycles. The number of carboxylic acids is 1. The first-order valence-electron chi connectivity index (χ1n) is 7.05. The van der Waals surface area contributed by atoms with Crippen LogP contribution in [0.3, 0.4) is 0 Å². The molecule has 6 heteroatoms. The summed E-state index contributed by atoms with van der Waals surface area (Å²) in [7, 11) is 0. The van der Waals surface area contributed by atoms with Crippen LogP contribution in [0.5, 0.6) is 0 Å². The van der Waals surface area contributed by atoms with Gasteiger partial charge in [-0.1, -0.05) is 37.3 Å². The van der Waals surface area contributed by atoms with Crippen molar-refractivity contribution in [3.8, 4) is 0 Å². The van der Waals surface area contributed by atoms with Crippen LogP contribution in [0, 0.1) is 0 Å². The second-order valence-corrected chi connectivity index (χ2v) is 5.47. The summed E-state index contributed by atoms with van der Waals surface area (Å²) in [6.45, 7) is 2.60. The normalized spacial score (nSPS) is 29.0. The van der Waals surface area contributed by atoms with Gasteiger partial charge >= 0.3 is 5.97 Å². The van der Waals surface area contributed by atoms with Crippen LogP contribution in [0.1, 0.15) is 18.9 Å². The SMILES string of the molecule is CCC1(C(=O)O)CNCC[N@+]1(Cc1ccccc1)C(=O)[O-]. The molecule has 0 bridgehead atoms. The number of quaternary nitrogens is 1. The first kappa shape index (κ1) is 15.5. The van der Waals surface area contributed by atoms with Gasteiger partial charge in [0.05, 0.1) is 13.1 Å². The minimum atomic E-state index is -1.41. The third kappa shape index (κ3) is 2.41. The van der Waals surface area contributed by atoms with E-state index in [0.29, 0.717) is 6.54 Å². The molecule has 1 aromatic rings. The number of carbonyl (C=O) groups excluding carboxylic acids is 1. The summed E-state index contributed by atoms with van der Waals surface area (Å²) < 4.78 is -0.574. The van der Waals surface area contributed by atoms with Crippen molar-refractivity contribution < 1.29 is 24.3 Å². The summed E-state index contributed by atoms with van der Waals surface area (Å²) in [6.07, 6.45) is -1.11. The number of carbonyl (C=O) groups is 2. The van der Waals surface area contributed by atoms with Crippen LogP contribution in [-0.4, -0.2) is 46.8 Å². The zero-order valence-electron chi connectivity index (χ0n) is 12.0. The molecule has 1 aromatic carbocycles. The molecule has 0 saturated carbocycles. The maximum absolute atomic E-state index is 11.9. The topological polar surface area (TPSA) is 89.5 Å². The molecule has 1 aliphatic rings. The monoisotopic (exact) mass is 292 g/mol. The van der Waals surface area contributed by atoms with Gasteiger partial charge in [0.15, 0.2) is 0 Å². The smallest absolute Gasteiger partial charge is 0.367 e. The predicted molar refractivity (Wildman–Crippen MR) is 74.2 cm³/mol. The van der Waals surface area contributed by atoms with Crippen molar-refractivity contribution in [2.24, 2.45) is 0 Å². The second kappa shape index (κ2) is 5.83. The number of aliphatic carboxylic acids is 1. The standard InChI is InChI=1S/C15H20N2O4/c1-2-15(13(18)19)11-16-8-9-17(15,14(20)21)10-12-6-4-3-5-7-12/h3-7,16H,2,8-11H2,1H3,(H-,18,19,20,21)/t15?,17-/m0/s1. The summed E-state index contributed by atoms with van der Waals surface area (Å²) >= 11 is 0. The Morgan fingerprint density at radius 1 is 1.38 bits per heavy atom. The fraction of sp³-hybridized carbons (Fsp3) is 0.467. The molecule has 1 unspecified atom stereocenters. The molecular formula is C15H20N2O4. The van der Waals surface area contributed by atoms with E-state index in [0.717, 1.165) is 5.56 Å². The van der Waals surface area contributed by atoms with Gasteiger partial charge in [-0.25, -0.2) is 4.79 Å². The highest BCUT2D eigenvalue weighted by Gasteiger charge is 2.59. The lowest BCUT2D eigenvalue weighted by Gasteiger charge is -2.52. The largest absolute Gasteiger partial charge is 0.498 e. The Balaban J connectivity index is 2.52. The van der Waals surface area contributed by atoms with Gasteiger partial charge < -0.3 is 20.3 Å². The summed E-state index contributed by atoms with van der Waals surface area (Å²) in [5.74, 6) is -1.10. The van der Waals surface area contributed by atoms with Gasteiger partial charge in [0, 0.05) is 18.5 Å². The fourth-order valence-corrected chi connectivity index (χ4v) is 3.22. The average Bonchev–Trinajstić information content (AvgIpc) is 2.48. The number of nitrogens with zero attached hydrogens (tertiary/aromatic N) is 1. The lowest BCUT2D eigenvalue weighted by molar-refractivity contribution is -0.930. The van der Waals surface area contributed by atoms with Crippen LogP contribution in [0.25, 0.3) is 0 Å². The molecular weight excluding hydrogens is 272 g/mol. The first-order valence-corrected chi connectivity index (χ1v) is 7.05. The Kier molecular flexibility index (Phi) is 4.29. The van der Waals surface area contributed by atoms with E-state index in [4.69, 9.17) is 0 Å². The van der Waals surface area contributed by atoms with Gasteiger partial charge in [-0.05, 0) is 0 Å². The number of piperazine rings is 1. The second-order valence-electron chi connectivity index (χ2n) is 5.47. The Labute approximate surface area is 123 Å². The minimum absolute atomic E-state index is 0.116. The van der Waals surface area contributed by atoms with Crippen molar-refractivity contribution >= 4 is 12.1 Å². The van der Waals surface area contributed by atoms with Crippen LogP contribution in [0.2, 0.25) is 0 Å². The van der Waals surface area contributed by atoms with Crippen molar-refractivity contribution in [3.63, 3.8) is 0 Å². The molecule has 0 aromatic heterocycles. The van der Waals surface area contributed by atoms with E-state index in [-0.39, 0.29) is 26.1 Å². The number of carboxylic acid groups (broad SMARTS) is 2. The van der Waals surface area contributed by atoms with Crippen LogP contribution >= 0.6 is 0 Å². The first-order chi connectivity index (χ1) is 9.98. The minimum Gasteiger partial charge on any atom is -0.498 e. The van der Waals surface area contributed by atoms with Gasteiger partial charge in [0.1, 0.15) is 6.54 Å². The van der Waals surface area contributed by atoms with Gasteiger partial charge in [-0.15, -0.1) is 0 Å². The highest BCUT2D eigenvalue weighted by molar-refractivity contribution is 5.80. The molecule has 2 rings (SSSR count). The number of rotatable bonds is 4. The van der Waals surface area contributed by atoms with Crippen molar-refractivity contribution in [2.75, 3.05) is 19.6 Å². The van der Waals surface area contributed by atoms with E-state index in [1.165, 1.54) is 0 Å². The molecule has 1 fully saturated rings. The van der Waals surface area contributed by atoms with Gasteiger partial charge in [-0.2, -0.15) is 0 Å². The Bertz CT molecular complexity index is 534. The summed E-state index contributed by atoms with van der Waals surface area (Å²) in [6, 6.07) is 9.10. The van der Waals surface area contributed by atoms with E-state index in [1.54, 1.807) is 6.92 Å². The number of benzene rings is 1. The highest BCUT2D eigenvalue weighted by Crippen LogP contribution is 2.33. The van der Waals surface area contributed by atoms with Crippen molar-refractivity contribution in [1.29, 1.82) is 0 Å². The van der Waals surface area contributed by atoms with Crippen LogP contribution < -0.4 is 10.4 Å². The van der Waals surface area contributed by atoms with Gasteiger partial charge in [0.25, 0.3) is 6.09 Å². The summed E-state index contributed by atoms with van der Waals surface area (Å²) in [5.41, 5.74) is -0.616. The molecule has 21 heavy (non-hydrogen) atoms. The molecule has 0 spiro atoms. The van der Waals surface area contributed by atoms with E-state index in [1.807, 2.05) is 30.3 Å². The number of hydrogen-bond donors (Lipinski definition) is 2. The molecule has 6 nitrogen and oxygen atoms in total. The predicted octanol–water partition coefficient (Wildman–Crippen LogP) is 0.183. The quantitative estimate of drug-likeness (QED) is 0.773. The Hall–Kier alpha value is -1.92. The Morgan fingerprint density at radius 3 is 2.57 bits per heavy atom. The van der Waals surface area contributed by atoms with Crippen molar-refractivity contribution in [1.82, 2.24) is 5.32 Å². The number of hydrogen-bond acceptors (Lipinski definition) is 4. The molecule has 1 heterocycles. The molecule has 114 valence electrons. The van der Waals surface area contributed by atoms with E-state index >= 15 is 0 Å². The Morgan fingerprint density at radius 2 is 2.05 bits per heavy atom. The zero-order chi connectivity index (χ0) is 15.5. The maximum Gasteiger partial charge on any atom is 0.367 e. The van der Waals surface area contributed by atoms with Crippen LogP contribution in [-0.2, 0) is 11.3 Å². The maximum atomic E-state index is 11.9. The zero-order valence-corrected chi connectivity index (χ0v) is 12.0. The third-order valence-corrected chi connectivity index (χ3v) is 4.53. The van der Waals surface area contributed by atoms with Gasteiger partial charge in [0.2, 0.25) is 5.54 Å². The molecule has 2 atom stereocenters. The summed E-state index contributed by atoms with van der Waals surface area (Å²) in [5, 5.41) is 24.6. The fourth-order valence-electron chi connectivity index (χ4n) is 3.22. The molecule has 1 amide bonds. The van der Waals surface area contributed by atoms with Crippen molar-refractivity contribution in [3.05, 3.63) is 35.9 Å². The summed E-state index contributed by atoms with van der Waals surface area (Å²) in [4.78, 5) is 23.8. The molecule has 1 aliphatic heterocycles.